The van der Waals surface area contributed by atoms with E-state index in [9.17, 15) is 4.39 Å². The van der Waals surface area contributed by atoms with Gasteiger partial charge in [-0.05, 0) is 43.4 Å². The number of rotatable bonds is 5. The highest BCUT2D eigenvalue weighted by Gasteiger charge is 2.26. The molecule has 1 fully saturated rings. The first-order valence-electron chi connectivity index (χ1n) is 7.76. The first-order chi connectivity index (χ1) is 9.60. The van der Waals surface area contributed by atoms with Gasteiger partial charge in [-0.15, -0.1) is 0 Å². The Labute approximate surface area is 121 Å². The fourth-order valence-corrected chi connectivity index (χ4v) is 3.13. The summed E-state index contributed by atoms with van der Waals surface area (Å²) in [5.41, 5.74) is 6.90. The van der Waals surface area contributed by atoms with Gasteiger partial charge in [-0.1, -0.05) is 38.3 Å². The van der Waals surface area contributed by atoms with Crippen LogP contribution in [0.3, 0.4) is 0 Å². The molecule has 0 spiro atoms. The zero-order valence-corrected chi connectivity index (χ0v) is 12.5. The van der Waals surface area contributed by atoms with E-state index in [1.807, 2.05) is 13.0 Å². The van der Waals surface area contributed by atoms with Gasteiger partial charge < -0.3 is 10.5 Å². The molecule has 2 nitrogen and oxygen atoms in total. The number of halogens is 1. The highest BCUT2D eigenvalue weighted by molar-refractivity contribution is 5.20. The van der Waals surface area contributed by atoms with Gasteiger partial charge in [-0.2, -0.15) is 0 Å². The van der Waals surface area contributed by atoms with E-state index < -0.39 is 0 Å². The van der Waals surface area contributed by atoms with Crippen LogP contribution in [0.15, 0.2) is 24.3 Å². The second-order valence-corrected chi connectivity index (χ2v) is 6.03. The van der Waals surface area contributed by atoms with Crippen molar-refractivity contribution in [2.24, 2.45) is 11.7 Å². The zero-order chi connectivity index (χ0) is 14.5. The van der Waals surface area contributed by atoms with Crippen molar-refractivity contribution in [3.05, 3.63) is 35.6 Å². The van der Waals surface area contributed by atoms with Crippen LogP contribution in [0.1, 0.15) is 57.6 Å². The molecule has 0 radical (unpaired) electrons. The first kappa shape index (κ1) is 15.5. The first-order valence-corrected chi connectivity index (χ1v) is 7.76. The second kappa shape index (κ2) is 7.19. The summed E-state index contributed by atoms with van der Waals surface area (Å²) in [6, 6.07) is 6.47. The van der Waals surface area contributed by atoms with Crippen molar-refractivity contribution in [1.82, 2.24) is 0 Å². The third kappa shape index (κ3) is 4.03. The summed E-state index contributed by atoms with van der Waals surface area (Å²) in [6.45, 7) is 4.17. The summed E-state index contributed by atoms with van der Waals surface area (Å²) in [5.74, 6) is 0.529. The van der Waals surface area contributed by atoms with Crippen molar-refractivity contribution in [1.29, 1.82) is 0 Å². The lowest BCUT2D eigenvalue weighted by atomic mass is 9.85. The summed E-state index contributed by atoms with van der Waals surface area (Å²) < 4.78 is 19.6. The van der Waals surface area contributed by atoms with Crippen molar-refractivity contribution in [2.75, 3.05) is 0 Å². The van der Waals surface area contributed by atoms with Gasteiger partial charge in [0.25, 0.3) is 0 Å². The maximum atomic E-state index is 13.4. The fraction of sp³-hybridized carbons (Fsp3) is 0.647. The molecule has 1 aliphatic carbocycles. The molecule has 112 valence electrons. The molecule has 0 saturated heterocycles. The normalized spacial score (nSPS) is 26.2. The topological polar surface area (TPSA) is 35.2 Å². The SMILES string of the molecule is CCC1CCCC(OC(c2cccc(F)c2)C(C)N)C1. The van der Waals surface area contributed by atoms with Crippen LogP contribution in [0.25, 0.3) is 0 Å². The van der Waals surface area contributed by atoms with E-state index in [1.54, 1.807) is 6.07 Å². The Morgan fingerprint density at radius 2 is 2.20 bits per heavy atom. The van der Waals surface area contributed by atoms with Crippen LogP contribution in [0.4, 0.5) is 4.39 Å². The number of ether oxygens (including phenoxy) is 1. The Balaban J connectivity index is 2.06. The molecule has 0 bridgehead atoms. The molecule has 1 aliphatic rings. The monoisotopic (exact) mass is 279 g/mol. The molecule has 20 heavy (non-hydrogen) atoms. The molecule has 0 amide bonds. The van der Waals surface area contributed by atoms with E-state index in [2.05, 4.69) is 6.92 Å². The Bertz CT molecular complexity index is 421. The van der Waals surface area contributed by atoms with Crippen molar-refractivity contribution in [2.45, 2.75) is 64.2 Å². The molecule has 4 unspecified atom stereocenters. The van der Waals surface area contributed by atoms with Crippen LogP contribution in [0.5, 0.6) is 0 Å². The third-order valence-corrected chi connectivity index (χ3v) is 4.31. The maximum Gasteiger partial charge on any atom is 0.123 e. The predicted molar refractivity (Wildman–Crippen MR) is 79.9 cm³/mol. The van der Waals surface area contributed by atoms with Crippen LogP contribution in [-0.2, 0) is 4.74 Å². The summed E-state index contributed by atoms with van der Waals surface area (Å²) in [7, 11) is 0. The fourth-order valence-electron chi connectivity index (χ4n) is 3.13. The van der Waals surface area contributed by atoms with Crippen LogP contribution >= 0.6 is 0 Å². The Morgan fingerprint density at radius 3 is 2.85 bits per heavy atom. The summed E-state index contributed by atoms with van der Waals surface area (Å²) in [6.07, 6.45) is 5.98. The van der Waals surface area contributed by atoms with Gasteiger partial charge in [0, 0.05) is 6.04 Å². The Kier molecular flexibility index (Phi) is 5.55. The van der Waals surface area contributed by atoms with Gasteiger partial charge in [-0.3, -0.25) is 0 Å². The van der Waals surface area contributed by atoms with Crippen molar-refractivity contribution in [3.63, 3.8) is 0 Å². The molecule has 1 aromatic carbocycles. The number of hydrogen-bond acceptors (Lipinski definition) is 2. The number of benzene rings is 1. The van der Waals surface area contributed by atoms with E-state index in [0.717, 1.165) is 24.3 Å². The quantitative estimate of drug-likeness (QED) is 0.876. The van der Waals surface area contributed by atoms with Crippen LogP contribution < -0.4 is 5.73 Å². The number of nitrogens with two attached hydrogens (primary N) is 1. The predicted octanol–water partition coefficient (Wildman–Crippen LogP) is 4.20. The molecule has 0 aliphatic heterocycles. The molecular formula is C17H26FNO. The van der Waals surface area contributed by atoms with Gasteiger partial charge in [0.1, 0.15) is 5.82 Å². The minimum atomic E-state index is -0.230. The molecule has 4 atom stereocenters. The van der Waals surface area contributed by atoms with E-state index in [0.29, 0.717) is 0 Å². The third-order valence-electron chi connectivity index (χ3n) is 4.31. The Morgan fingerprint density at radius 1 is 1.40 bits per heavy atom. The maximum absolute atomic E-state index is 13.4. The smallest absolute Gasteiger partial charge is 0.123 e. The van der Waals surface area contributed by atoms with E-state index >= 15 is 0 Å². The lowest BCUT2D eigenvalue weighted by molar-refractivity contribution is -0.0509. The largest absolute Gasteiger partial charge is 0.369 e. The van der Waals surface area contributed by atoms with Gasteiger partial charge in [0.05, 0.1) is 12.2 Å². The van der Waals surface area contributed by atoms with Crippen molar-refractivity contribution < 1.29 is 9.13 Å². The standard InChI is InChI=1S/C17H26FNO/c1-3-13-6-4-9-16(10-13)20-17(12(2)19)14-7-5-8-15(18)11-14/h5,7-8,11-13,16-17H,3-4,6,9-10,19H2,1-2H3. The van der Waals surface area contributed by atoms with E-state index in [1.165, 1.54) is 31.4 Å². The van der Waals surface area contributed by atoms with Gasteiger partial charge in [0.15, 0.2) is 0 Å². The molecular weight excluding hydrogens is 253 g/mol. The van der Waals surface area contributed by atoms with Gasteiger partial charge >= 0.3 is 0 Å². The summed E-state index contributed by atoms with van der Waals surface area (Å²) in [5, 5.41) is 0. The van der Waals surface area contributed by atoms with Crippen LogP contribution in [0, 0.1) is 11.7 Å². The molecule has 0 heterocycles. The molecule has 2 rings (SSSR count). The minimum Gasteiger partial charge on any atom is -0.369 e. The highest BCUT2D eigenvalue weighted by Crippen LogP contribution is 2.32. The average Bonchev–Trinajstić information content (AvgIpc) is 2.44. The van der Waals surface area contributed by atoms with Crippen molar-refractivity contribution >= 4 is 0 Å². The lowest BCUT2D eigenvalue weighted by Crippen LogP contribution is -2.32. The molecule has 1 aromatic rings. The minimum absolute atomic E-state index is 0.140. The molecule has 3 heteroatoms. The summed E-state index contributed by atoms with van der Waals surface area (Å²) >= 11 is 0. The highest BCUT2D eigenvalue weighted by atomic mass is 19.1. The molecule has 1 saturated carbocycles. The summed E-state index contributed by atoms with van der Waals surface area (Å²) in [4.78, 5) is 0. The average molecular weight is 279 g/mol. The van der Waals surface area contributed by atoms with Crippen LogP contribution in [-0.4, -0.2) is 12.1 Å². The van der Waals surface area contributed by atoms with E-state index in [-0.39, 0.29) is 24.1 Å². The van der Waals surface area contributed by atoms with E-state index in [4.69, 9.17) is 10.5 Å². The molecule has 2 N–H and O–H groups in total. The van der Waals surface area contributed by atoms with Gasteiger partial charge in [0.2, 0.25) is 0 Å². The van der Waals surface area contributed by atoms with Gasteiger partial charge in [-0.25, -0.2) is 4.39 Å². The Hall–Kier alpha value is -0.930. The van der Waals surface area contributed by atoms with Crippen LogP contribution in [0.2, 0.25) is 0 Å². The second-order valence-electron chi connectivity index (χ2n) is 6.03. The van der Waals surface area contributed by atoms with Crippen molar-refractivity contribution in [3.8, 4) is 0 Å². The number of hydrogen-bond donors (Lipinski definition) is 1. The lowest BCUT2D eigenvalue weighted by Gasteiger charge is -2.33. The zero-order valence-electron chi connectivity index (χ0n) is 12.5. The molecule has 0 aromatic heterocycles.